The minimum Gasteiger partial charge on any atom is -0.356 e. The van der Waals surface area contributed by atoms with E-state index < -0.39 is 0 Å². The van der Waals surface area contributed by atoms with Crippen molar-refractivity contribution in [2.75, 3.05) is 20.1 Å². The van der Waals surface area contributed by atoms with E-state index in [4.69, 9.17) is 0 Å². The molecule has 0 aromatic carbocycles. The lowest BCUT2D eigenvalue weighted by Gasteiger charge is -2.15. The molecule has 0 spiro atoms. The lowest BCUT2D eigenvalue weighted by Crippen LogP contribution is -2.39. The van der Waals surface area contributed by atoms with E-state index in [0.29, 0.717) is 5.92 Å². The fourth-order valence-corrected chi connectivity index (χ4v) is 3.64. The highest BCUT2D eigenvalue weighted by atomic mass is 127. The van der Waals surface area contributed by atoms with Gasteiger partial charge in [-0.15, -0.1) is 35.3 Å². The lowest BCUT2D eigenvalue weighted by atomic mass is 10.1. The molecule has 23 heavy (non-hydrogen) atoms. The molecule has 2 rings (SSSR count). The van der Waals surface area contributed by atoms with Crippen LogP contribution in [0.3, 0.4) is 0 Å². The normalized spacial score (nSPS) is 12.6. The molecule has 0 aliphatic heterocycles. The van der Waals surface area contributed by atoms with Crippen molar-refractivity contribution in [2.45, 2.75) is 32.6 Å². The predicted molar refractivity (Wildman–Crippen MR) is 113 cm³/mol. The maximum atomic E-state index is 4.58. The molecule has 0 saturated heterocycles. The van der Waals surface area contributed by atoms with Crippen LogP contribution in [0.15, 0.2) is 27.2 Å². The van der Waals surface area contributed by atoms with Gasteiger partial charge in [0.25, 0.3) is 0 Å². The number of thiazole rings is 1. The number of aromatic nitrogens is 1. The second-order valence-corrected chi connectivity index (χ2v) is 6.90. The third-order valence-electron chi connectivity index (χ3n) is 3.49. The van der Waals surface area contributed by atoms with Crippen LogP contribution in [0.1, 0.15) is 36.0 Å². The van der Waals surface area contributed by atoms with E-state index >= 15 is 0 Å². The van der Waals surface area contributed by atoms with Gasteiger partial charge in [-0.3, -0.25) is 4.99 Å². The van der Waals surface area contributed by atoms with Gasteiger partial charge in [0.15, 0.2) is 5.96 Å². The van der Waals surface area contributed by atoms with E-state index in [2.05, 4.69) is 56.7 Å². The van der Waals surface area contributed by atoms with Crippen molar-refractivity contribution in [3.8, 4) is 0 Å². The van der Waals surface area contributed by atoms with Crippen LogP contribution in [0.2, 0.25) is 0 Å². The van der Waals surface area contributed by atoms with Crippen molar-refractivity contribution in [1.82, 2.24) is 15.6 Å². The summed E-state index contributed by atoms with van der Waals surface area (Å²) in [6, 6.07) is 2.18. The van der Waals surface area contributed by atoms with Gasteiger partial charge in [-0.1, -0.05) is 13.8 Å². The average molecular weight is 464 g/mol. The Morgan fingerprint density at radius 3 is 2.78 bits per heavy atom. The zero-order chi connectivity index (χ0) is 15.8. The van der Waals surface area contributed by atoms with Crippen LogP contribution in [0, 0.1) is 0 Å². The molecule has 0 aliphatic rings. The summed E-state index contributed by atoms with van der Waals surface area (Å²) in [5.74, 6) is 1.34. The highest BCUT2D eigenvalue weighted by Crippen LogP contribution is 2.17. The fourth-order valence-electron chi connectivity index (χ4n) is 2.08. The third kappa shape index (κ3) is 6.76. The van der Waals surface area contributed by atoms with Gasteiger partial charge in [0.1, 0.15) is 0 Å². The summed E-state index contributed by atoms with van der Waals surface area (Å²) >= 11 is 3.49. The zero-order valence-corrected chi connectivity index (χ0v) is 17.8. The first-order valence-corrected chi connectivity index (χ1v) is 9.45. The van der Waals surface area contributed by atoms with Gasteiger partial charge in [-0.25, -0.2) is 4.98 Å². The molecule has 0 aliphatic carbocycles. The average Bonchev–Trinajstić information content (AvgIpc) is 3.21. The van der Waals surface area contributed by atoms with Crippen molar-refractivity contribution in [1.29, 1.82) is 0 Å². The molecule has 2 aromatic heterocycles. The van der Waals surface area contributed by atoms with Gasteiger partial charge >= 0.3 is 0 Å². The number of hydrogen-bond acceptors (Lipinski definition) is 4. The Kier molecular flexibility index (Phi) is 9.73. The van der Waals surface area contributed by atoms with Gasteiger partial charge < -0.3 is 10.6 Å². The molecule has 4 nitrogen and oxygen atoms in total. The molecular weight excluding hydrogens is 439 g/mol. The van der Waals surface area contributed by atoms with Gasteiger partial charge in [0.2, 0.25) is 0 Å². The van der Waals surface area contributed by atoms with Gasteiger partial charge in [0.05, 0.1) is 10.7 Å². The van der Waals surface area contributed by atoms with Crippen molar-refractivity contribution in [3.63, 3.8) is 0 Å². The largest absolute Gasteiger partial charge is 0.356 e. The van der Waals surface area contributed by atoms with Crippen LogP contribution in [-0.2, 0) is 12.8 Å². The first kappa shape index (κ1) is 20.4. The Labute approximate surface area is 163 Å². The third-order valence-corrected chi connectivity index (χ3v) is 5.23. The van der Waals surface area contributed by atoms with E-state index in [-0.39, 0.29) is 24.0 Å². The first-order chi connectivity index (χ1) is 10.7. The van der Waals surface area contributed by atoms with E-state index in [1.807, 2.05) is 7.05 Å². The molecule has 7 heteroatoms. The Morgan fingerprint density at radius 2 is 2.17 bits per heavy atom. The number of thiophene rings is 1. The van der Waals surface area contributed by atoms with Crippen molar-refractivity contribution >= 4 is 52.6 Å². The topological polar surface area (TPSA) is 49.3 Å². The number of nitrogens with zero attached hydrogens (tertiary/aromatic N) is 2. The van der Waals surface area contributed by atoms with Gasteiger partial charge in [-0.05, 0) is 34.7 Å². The molecule has 2 heterocycles. The molecule has 2 N–H and O–H groups in total. The zero-order valence-electron chi connectivity index (χ0n) is 13.8. The molecule has 0 saturated carbocycles. The van der Waals surface area contributed by atoms with Crippen LogP contribution in [0.4, 0.5) is 0 Å². The van der Waals surface area contributed by atoms with E-state index in [0.717, 1.165) is 37.6 Å². The van der Waals surface area contributed by atoms with Crippen LogP contribution in [-0.4, -0.2) is 31.1 Å². The number of aliphatic imine (C=N–C) groups is 1. The minimum atomic E-state index is 0. The summed E-state index contributed by atoms with van der Waals surface area (Å²) in [5, 5.41) is 14.4. The lowest BCUT2D eigenvalue weighted by molar-refractivity contribution is 0.698. The molecule has 1 unspecified atom stereocenters. The summed E-state index contributed by atoms with van der Waals surface area (Å²) in [6.07, 6.45) is 1.94. The molecular formula is C16H25IN4S2. The molecule has 0 radical (unpaired) electrons. The molecule has 1 atom stereocenters. The number of guanidine groups is 1. The minimum absolute atomic E-state index is 0. The Morgan fingerprint density at radius 1 is 1.35 bits per heavy atom. The standard InChI is InChI=1S/C16H24N4S2.HI/c1-4-15-20-14(11-22-15)5-7-18-16(17-3)19-9-12(2)13-6-8-21-10-13;/h6,8,10-12H,4-5,7,9H2,1-3H3,(H2,17,18,19);1H. The molecule has 2 aromatic rings. The molecule has 0 amide bonds. The number of nitrogens with one attached hydrogen (secondary N) is 2. The van der Waals surface area contributed by atoms with E-state index in [1.54, 1.807) is 22.7 Å². The fraction of sp³-hybridized carbons (Fsp3) is 0.500. The van der Waals surface area contributed by atoms with Crippen molar-refractivity contribution in [3.05, 3.63) is 38.5 Å². The number of halogens is 1. The number of aryl methyl sites for hydroxylation is 1. The summed E-state index contributed by atoms with van der Waals surface area (Å²) < 4.78 is 0. The second-order valence-electron chi connectivity index (χ2n) is 5.17. The molecule has 0 bridgehead atoms. The monoisotopic (exact) mass is 464 g/mol. The summed E-state index contributed by atoms with van der Waals surface area (Å²) in [7, 11) is 1.81. The Hall–Kier alpha value is -0.670. The quantitative estimate of drug-likeness (QED) is 0.371. The summed E-state index contributed by atoms with van der Waals surface area (Å²) in [6.45, 7) is 6.09. The maximum absolute atomic E-state index is 4.58. The van der Waals surface area contributed by atoms with Crippen molar-refractivity contribution in [2.24, 2.45) is 4.99 Å². The Balaban J connectivity index is 0.00000264. The van der Waals surface area contributed by atoms with Crippen LogP contribution < -0.4 is 10.6 Å². The van der Waals surface area contributed by atoms with Crippen LogP contribution >= 0.6 is 46.7 Å². The number of hydrogen-bond donors (Lipinski definition) is 2. The van der Waals surface area contributed by atoms with Crippen LogP contribution in [0.25, 0.3) is 0 Å². The van der Waals surface area contributed by atoms with Crippen LogP contribution in [0.5, 0.6) is 0 Å². The molecule has 0 fully saturated rings. The van der Waals surface area contributed by atoms with E-state index in [9.17, 15) is 0 Å². The molecule has 128 valence electrons. The van der Waals surface area contributed by atoms with Gasteiger partial charge in [0, 0.05) is 31.9 Å². The number of rotatable bonds is 7. The second kappa shape index (κ2) is 11.0. The summed E-state index contributed by atoms with van der Waals surface area (Å²) in [4.78, 5) is 8.85. The van der Waals surface area contributed by atoms with Gasteiger partial charge in [-0.2, -0.15) is 11.3 Å². The first-order valence-electron chi connectivity index (χ1n) is 7.62. The maximum Gasteiger partial charge on any atom is 0.191 e. The smallest absolute Gasteiger partial charge is 0.191 e. The van der Waals surface area contributed by atoms with E-state index in [1.165, 1.54) is 10.6 Å². The highest BCUT2D eigenvalue weighted by molar-refractivity contribution is 14.0. The van der Waals surface area contributed by atoms with Crippen molar-refractivity contribution < 1.29 is 0 Å². The summed E-state index contributed by atoms with van der Waals surface area (Å²) in [5.41, 5.74) is 2.54. The predicted octanol–water partition coefficient (Wildman–Crippen LogP) is 3.90. The Bertz CT molecular complexity index is 581. The SMILES string of the molecule is CCc1nc(CCNC(=NC)NCC(C)c2ccsc2)cs1.I. The highest BCUT2D eigenvalue weighted by Gasteiger charge is 2.07.